The van der Waals surface area contributed by atoms with Crippen LogP contribution in [0.15, 0.2) is 52.9 Å². The molecular formula is C20H22Cl2N2O3. The van der Waals surface area contributed by atoms with Crippen LogP contribution in [0.2, 0.25) is 5.02 Å². The molecule has 7 heteroatoms. The van der Waals surface area contributed by atoms with E-state index in [0.29, 0.717) is 35.0 Å². The Morgan fingerprint density at radius 2 is 1.85 bits per heavy atom. The summed E-state index contributed by atoms with van der Waals surface area (Å²) in [6, 6.07) is 14.8. The lowest BCUT2D eigenvalue weighted by Gasteiger charge is -2.09. The van der Waals surface area contributed by atoms with E-state index in [4.69, 9.17) is 20.8 Å². The van der Waals surface area contributed by atoms with Crippen molar-refractivity contribution in [2.45, 2.75) is 13.5 Å². The monoisotopic (exact) mass is 408 g/mol. The van der Waals surface area contributed by atoms with E-state index in [1.807, 2.05) is 43.3 Å². The molecule has 0 saturated carbocycles. The van der Waals surface area contributed by atoms with Gasteiger partial charge < -0.3 is 19.8 Å². The van der Waals surface area contributed by atoms with Gasteiger partial charge in [-0.15, -0.1) is 12.4 Å². The highest BCUT2D eigenvalue weighted by molar-refractivity contribution is 6.32. The van der Waals surface area contributed by atoms with Crippen molar-refractivity contribution in [1.82, 2.24) is 10.6 Å². The van der Waals surface area contributed by atoms with Gasteiger partial charge in [0.1, 0.15) is 17.9 Å². The van der Waals surface area contributed by atoms with Gasteiger partial charge in [-0.1, -0.05) is 48.9 Å². The molecule has 1 aromatic heterocycles. The number of para-hydroxylation sites is 2. The maximum absolute atomic E-state index is 12.6. The van der Waals surface area contributed by atoms with Gasteiger partial charge in [0.2, 0.25) is 0 Å². The number of carbonyl (C=O) groups excluding carboxylic acids is 1. The number of ether oxygens (including phenoxy) is 1. The molecule has 0 atom stereocenters. The van der Waals surface area contributed by atoms with Crippen LogP contribution in [-0.4, -0.2) is 25.5 Å². The number of nitrogens with one attached hydrogen (secondary N) is 2. The van der Waals surface area contributed by atoms with Crippen LogP contribution in [0.25, 0.3) is 11.0 Å². The summed E-state index contributed by atoms with van der Waals surface area (Å²) < 4.78 is 11.6. The molecule has 0 spiro atoms. The van der Waals surface area contributed by atoms with Crippen LogP contribution in [0, 0.1) is 0 Å². The Balaban J connectivity index is 0.00000261. The normalized spacial score (nSPS) is 10.4. The second-order valence-corrected chi connectivity index (χ2v) is 6.14. The zero-order chi connectivity index (χ0) is 18.4. The minimum Gasteiger partial charge on any atom is -0.487 e. The highest BCUT2D eigenvalue weighted by Crippen LogP contribution is 2.29. The van der Waals surface area contributed by atoms with Gasteiger partial charge in [0.05, 0.1) is 5.02 Å². The summed E-state index contributed by atoms with van der Waals surface area (Å²) in [7, 11) is 0. The van der Waals surface area contributed by atoms with Crippen molar-refractivity contribution in [2.24, 2.45) is 0 Å². The van der Waals surface area contributed by atoms with Crippen molar-refractivity contribution in [3.05, 3.63) is 64.9 Å². The van der Waals surface area contributed by atoms with Gasteiger partial charge in [-0.2, -0.15) is 0 Å². The second kappa shape index (κ2) is 10.2. The highest BCUT2D eigenvalue weighted by Gasteiger charge is 2.21. The van der Waals surface area contributed by atoms with Gasteiger partial charge in [-0.25, -0.2) is 0 Å². The molecule has 0 radical (unpaired) electrons. The molecule has 0 bridgehead atoms. The number of amides is 1. The SMILES string of the molecule is CCNCCNC(=O)c1oc2ccccc2c1COc1ccccc1Cl.Cl. The van der Waals surface area contributed by atoms with E-state index in [1.165, 1.54) is 0 Å². The van der Waals surface area contributed by atoms with Gasteiger partial charge >= 0.3 is 0 Å². The minimum atomic E-state index is -0.253. The molecule has 5 nitrogen and oxygen atoms in total. The summed E-state index contributed by atoms with van der Waals surface area (Å²) in [5.41, 5.74) is 1.36. The van der Waals surface area contributed by atoms with Crippen molar-refractivity contribution in [2.75, 3.05) is 19.6 Å². The summed E-state index contributed by atoms with van der Waals surface area (Å²) in [6.07, 6.45) is 0. The minimum absolute atomic E-state index is 0. The lowest BCUT2D eigenvalue weighted by Crippen LogP contribution is -2.32. The van der Waals surface area contributed by atoms with Crippen LogP contribution in [0.1, 0.15) is 23.0 Å². The molecule has 0 aliphatic carbocycles. The van der Waals surface area contributed by atoms with E-state index in [2.05, 4.69) is 10.6 Å². The molecule has 0 aliphatic heterocycles. The zero-order valence-corrected chi connectivity index (χ0v) is 16.5. The van der Waals surface area contributed by atoms with Crippen LogP contribution in [0.4, 0.5) is 0 Å². The molecule has 0 aliphatic rings. The average molecular weight is 409 g/mol. The first-order valence-electron chi connectivity index (χ1n) is 8.57. The maximum atomic E-state index is 12.6. The number of rotatable bonds is 8. The fourth-order valence-electron chi connectivity index (χ4n) is 2.66. The molecule has 1 heterocycles. The zero-order valence-electron chi connectivity index (χ0n) is 15.0. The number of fused-ring (bicyclic) bond motifs is 1. The summed E-state index contributed by atoms with van der Waals surface area (Å²) in [5.74, 6) is 0.588. The Labute approximate surface area is 169 Å². The van der Waals surface area contributed by atoms with Gasteiger partial charge in [-0.05, 0) is 24.7 Å². The smallest absolute Gasteiger partial charge is 0.287 e. The average Bonchev–Trinajstić information content (AvgIpc) is 3.03. The third-order valence-electron chi connectivity index (χ3n) is 3.95. The largest absolute Gasteiger partial charge is 0.487 e. The van der Waals surface area contributed by atoms with E-state index in [0.717, 1.165) is 11.9 Å². The number of halogens is 2. The molecule has 144 valence electrons. The third kappa shape index (κ3) is 5.16. The fourth-order valence-corrected chi connectivity index (χ4v) is 2.85. The van der Waals surface area contributed by atoms with Gasteiger partial charge in [0.25, 0.3) is 5.91 Å². The molecule has 27 heavy (non-hydrogen) atoms. The number of furan rings is 1. The van der Waals surface area contributed by atoms with Gasteiger partial charge in [0.15, 0.2) is 5.76 Å². The molecule has 1 amide bonds. The Bertz CT molecular complexity index is 896. The number of hydrogen-bond donors (Lipinski definition) is 2. The molecule has 0 unspecified atom stereocenters. The third-order valence-corrected chi connectivity index (χ3v) is 4.26. The number of likely N-dealkylation sites (N-methyl/N-ethyl adjacent to an activating group) is 1. The summed E-state index contributed by atoms with van der Waals surface area (Å²) in [4.78, 5) is 12.6. The Kier molecular flexibility index (Phi) is 7.98. The van der Waals surface area contributed by atoms with Crippen molar-refractivity contribution in [3.63, 3.8) is 0 Å². The number of benzene rings is 2. The summed E-state index contributed by atoms with van der Waals surface area (Å²) in [5, 5.41) is 7.42. The van der Waals surface area contributed by atoms with Crippen LogP contribution in [0.3, 0.4) is 0 Å². The first kappa shape index (κ1) is 21.1. The topological polar surface area (TPSA) is 63.5 Å². The van der Waals surface area contributed by atoms with Crippen LogP contribution >= 0.6 is 24.0 Å². The van der Waals surface area contributed by atoms with Crippen LogP contribution in [-0.2, 0) is 6.61 Å². The van der Waals surface area contributed by atoms with Gasteiger partial charge in [0, 0.05) is 24.0 Å². The van der Waals surface area contributed by atoms with Gasteiger partial charge in [-0.3, -0.25) is 4.79 Å². The van der Waals surface area contributed by atoms with E-state index in [1.54, 1.807) is 12.1 Å². The molecule has 3 rings (SSSR count). The maximum Gasteiger partial charge on any atom is 0.287 e. The van der Waals surface area contributed by atoms with E-state index in [9.17, 15) is 4.79 Å². The molecule has 3 aromatic rings. The van der Waals surface area contributed by atoms with Crippen molar-refractivity contribution in [1.29, 1.82) is 0 Å². The fraction of sp³-hybridized carbons (Fsp3) is 0.250. The molecule has 2 aromatic carbocycles. The lowest BCUT2D eigenvalue weighted by atomic mass is 10.1. The van der Waals surface area contributed by atoms with Crippen molar-refractivity contribution in [3.8, 4) is 5.75 Å². The predicted molar refractivity (Wildman–Crippen MR) is 110 cm³/mol. The molecular weight excluding hydrogens is 387 g/mol. The molecule has 0 saturated heterocycles. The van der Waals surface area contributed by atoms with Crippen molar-refractivity contribution >= 4 is 40.9 Å². The number of hydrogen-bond acceptors (Lipinski definition) is 4. The second-order valence-electron chi connectivity index (χ2n) is 5.73. The van der Waals surface area contributed by atoms with Crippen molar-refractivity contribution < 1.29 is 13.9 Å². The van der Waals surface area contributed by atoms with Crippen LogP contribution < -0.4 is 15.4 Å². The molecule has 2 N–H and O–H groups in total. The summed E-state index contributed by atoms with van der Waals surface area (Å²) in [6.45, 7) is 4.29. The number of carbonyl (C=O) groups is 1. The first-order valence-corrected chi connectivity index (χ1v) is 8.95. The summed E-state index contributed by atoms with van der Waals surface area (Å²) >= 11 is 6.15. The standard InChI is InChI=1S/C20H21ClN2O3.ClH/c1-2-22-11-12-23-20(24)19-15(14-7-3-5-9-17(14)26-19)13-25-18-10-6-4-8-16(18)21;/h3-10,22H,2,11-13H2,1H3,(H,23,24);1H. The quantitative estimate of drug-likeness (QED) is 0.541. The van der Waals surface area contributed by atoms with E-state index < -0.39 is 0 Å². The highest BCUT2D eigenvalue weighted by atomic mass is 35.5. The Hall–Kier alpha value is -2.21. The van der Waals surface area contributed by atoms with Crippen LogP contribution in [0.5, 0.6) is 5.75 Å². The first-order chi connectivity index (χ1) is 12.7. The van der Waals surface area contributed by atoms with E-state index >= 15 is 0 Å². The predicted octanol–water partition coefficient (Wildman–Crippen LogP) is 4.43. The Morgan fingerprint density at radius 3 is 2.63 bits per heavy atom. The lowest BCUT2D eigenvalue weighted by molar-refractivity contribution is 0.0925. The molecule has 0 fully saturated rings. The Morgan fingerprint density at radius 1 is 1.11 bits per heavy atom. The van der Waals surface area contributed by atoms with E-state index in [-0.39, 0.29) is 30.7 Å².